The number of hydrogen-bond donors (Lipinski definition) is 1. The van der Waals surface area contributed by atoms with Gasteiger partial charge in [-0.25, -0.2) is 0 Å². The Morgan fingerprint density at radius 1 is 0.900 bits per heavy atom. The number of benzene rings is 3. The molecule has 0 bridgehead atoms. The van der Waals surface area contributed by atoms with Crippen molar-refractivity contribution in [3.05, 3.63) is 96.1 Å². The van der Waals surface area contributed by atoms with Gasteiger partial charge in [0.05, 0.1) is 5.41 Å². The highest BCUT2D eigenvalue weighted by molar-refractivity contribution is 5.95. The third-order valence-corrected chi connectivity index (χ3v) is 6.00. The molecule has 0 saturated carbocycles. The summed E-state index contributed by atoms with van der Waals surface area (Å²) in [6.45, 7) is 0.998. The third kappa shape index (κ3) is 3.86. The van der Waals surface area contributed by atoms with Gasteiger partial charge in [0.25, 0.3) is 5.91 Å². The van der Waals surface area contributed by atoms with Crippen molar-refractivity contribution in [2.45, 2.75) is 12.8 Å². The Hall–Kier alpha value is -3.40. The molecule has 4 heteroatoms. The van der Waals surface area contributed by atoms with E-state index in [4.69, 9.17) is 0 Å². The number of likely N-dealkylation sites (tertiary alicyclic amines) is 1. The molecule has 0 unspecified atom stereocenters. The van der Waals surface area contributed by atoms with Gasteiger partial charge in [-0.15, -0.1) is 0 Å². The Balaban J connectivity index is 1.64. The smallest absolute Gasteiger partial charge is 0.253 e. The number of nitrogens with one attached hydrogen (secondary N) is 1. The number of amides is 2. The Bertz CT molecular complexity index is 1030. The second-order valence-corrected chi connectivity index (χ2v) is 7.90. The van der Waals surface area contributed by atoms with Crippen molar-refractivity contribution in [2.24, 2.45) is 5.41 Å². The molecule has 1 saturated heterocycles. The van der Waals surface area contributed by atoms with Gasteiger partial charge in [-0.3, -0.25) is 9.59 Å². The van der Waals surface area contributed by atoms with Crippen molar-refractivity contribution >= 4 is 11.8 Å². The molecule has 1 aliphatic heterocycles. The van der Waals surface area contributed by atoms with Crippen LogP contribution in [0.3, 0.4) is 0 Å². The van der Waals surface area contributed by atoms with Gasteiger partial charge in [0.2, 0.25) is 5.91 Å². The minimum absolute atomic E-state index is 0.00581. The molecule has 4 nitrogen and oxygen atoms in total. The highest BCUT2D eigenvalue weighted by Crippen LogP contribution is 2.38. The zero-order valence-corrected chi connectivity index (χ0v) is 17.2. The monoisotopic (exact) mass is 398 g/mol. The van der Waals surface area contributed by atoms with Crippen LogP contribution < -0.4 is 5.32 Å². The van der Waals surface area contributed by atoms with Crippen LogP contribution in [0.5, 0.6) is 0 Å². The number of nitrogens with zero attached hydrogens (tertiary/aromatic N) is 1. The number of carbonyl (C=O) groups excluding carboxylic acids is 2. The molecule has 0 radical (unpaired) electrons. The van der Waals surface area contributed by atoms with E-state index >= 15 is 0 Å². The molecule has 1 aliphatic rings. The fraction of sp³-hybridized carbons (Fsp3) is 0.231. The van der Waals surface area contributed by atoms with E-state index in [1.807, 2.05) is 65.6 Å². The Labute approximate surface area is 177 Å². The van der Waals surface area contributed by atoms with Crippen LogP contribution in [0.25, 0.3) is 11.1 Å². The van der Waals surface area contributed by atoms with Crippen LogP contribution in [0.1, 0.15) is 22.3 Å². The summed E-state index contributed by atoms with van der Waals surface area (Å²) in [5.41, 5.74) is 3.42. The minimum atomic E-state index is -0.635. The third-order valence-electron chi connectivity index (χ3n) is 6.00. The van der Waals surface area contributed by atoms with Crippen LogP contribution in [0, 0.1) is 5.41 Å². The second-order valence-electron chi connectivity index (χ2n) is 7.90. The van der Waals surface area contributed by atoms with E-state index in [1.54, 1.807) is 7.05 Å². The normalized spacial score (nSPS) is 18.2. The number of hydrogen-bond acceptors (Lipinski definition) is 2. The maximum absolute atomic E-state index is 13.0. The van der Waals surface area contributed by atoms with E-state index < -0.39 is 5.41 Å². The molecule has 1 heterocycles. The molecule has 0 spiro atoms. The van der Waals surface area contributed by atoms with Crippen molar-refractivity contribution in [3.8, 4) is 11.1 Å². The first-order chi connectivity index (χ1) is 14.6. The molecule has 2 amide bonds. The largest absolute Gasteiger partial charge is 0.359 e. The average Bonchev–Trinajstić information content (AvgIpc) is 3.24. The summed E-state index contributed by atoms with van der Waals surface area (Å²) in [5, 5.41) is 2.85. The van der Waals surface area contributed by atoms with Gasteiger partial charge in [0.15, 0.2) is 0 Å². The minimum Gasteiger partial charge on any atom is -0.359 e. The average molecular weight is 399 g/mol. The lowest BCUT2D eigenvalue weighted by atomic mass is 9.78. The fourth-order valence-electron chi connectivity index (χ4n) is 4.42. The molecule has 0 aliphatic carbocycles. The van der Waals surface area contributed by atoms with Crippen LogP contribution in [0.4, 0.5) is 0 Å². The van der Waals surface area contributed by atoms with Gasteiger partial charge >= 0.3 is 0 Å². The highest BCUT2D eigenvalue weighted by Gasteiger charge is 2.46. The predicted octanol–water partition coefficient (Wildman–Crippen LogP) is 4.17. The zero-order valence-electron chi connectivity index (χ0n) is 17.2. The van der Waals surface area contributed by atoms with Crippen LogP contribution in [0.15, 0.2) is 84.9 Å². The highest BCUT2D eigenvalue weighted by atomic mass is 16.2. The van der Waals surface area contributed by atoms with Gasteiger partial charge in [-0.2, -0.15) is 0 Å². The fourth-order valence-corrected chi connectivity index (χ4v) is 4.42. The first kappa shape index (κ1) is 19.9. The lowest BCUT2D eigenvalue weighted by molar-refractivity contribution is -0.129. The van der Waals surface area contributed by atoms with Crippen LogP contribution in [-0.4, -0.2) is 36.9 Å². The van der Waals surface area contributed by atoms with Crippen LogP contribution >= 0.6 is 0 Å². The molecule has 1 N–H and O–H groups in total. The van der Waals surface area contributed by atoms with Crippen molar-refractivity contribution in [1.82, 2.24) is 10.2 Å². The Morgan fingerprint density at radius 3 is 2.23 bits per heavy atom. The summed E-state index contributed by atoms with van der Waals surface area (Å²) >= 11 is 0. The van der Waals surface area contributed by atoms with Crippen molar-refractivity contribution in [1.29, 1.82) is 0 Å². The summed E-state index contributed by atoms with van der Waals surface area (Å²) in [4.78, 5) is 27.8. The van der Waals surface area contributed by atoms with Gasteiger partial charge in [0, 0.05) is 25.7 Å². The predicted molar refractivity (Wildman–Crippen MR) is 119 cm³/mol. The molecule has 3 aromatic carbocycles. The molecule has 0 aromatic heterocycles. The number of carbonyl (C=O) groups is 2. The standard InChI is InChI=1S/C26H26N2O2/c1-27-25(30)26(16-17-28(19-26)24(29)21-12-6-3-7-13-21)18-22-14-8-9-15-23(22)20-10-4-2-5-11-20/h2-15H,16-19H2,1H3,(H,27,30)/t26-/m1/s1. The molecule has 1 fully saturated rings. The van der Waals surface area contributed by atoms with Crippen molar-refractivity contribution in [3.63, 3.8) is 0 Å². The SMILES string of the molecule is CNC(=O)[C@@]1(Cc2ccccc2-c2ccccc2)CCN(C(=O)c2ccccc2)C1. The Kier molecular flexibility index (Phi) is 5.66. The first-order valence-electron chi connectivity index (χ1n) is 10.3. The Morgan fingerprint density at radius 2 is 1.53 bits per heavy atom. The van der Waals surface area contributed by atoms with Gasteiger partial charge in [-0.1, -0.05) is 72.8 Å². The van der Waals surface area contributed by atoms with Crippen LogP contribution in [0.2, 0.25) is 0 Å². The van der Waals surface area contributed by atoms with Crippen molar-refractivity contribution < 1.29 is 9.59 Å². The topological polar surface area (TPSA) is 49.4 Å². The summed E-state index contributed by atoms with van der Waals surface area (Å²) in [6.07, 6.45) is 1.24. The molecular weight excluding hydrogens is 372 g/mol. The molecule has 1 atom stereocenters. The van der Waals surface area contributed by atoms with Crippen molar-refractivity contribution in [2.75, 3.05) is 20.1 Å². The van der Waals surface area contributed by atoms with E-state index in [-0.39, 0.29) is 11.8 Å². The van der Waals surface area contributed by atoms with Crippen LogP contribution in [-0.2, 0) is 11.2 Å². The molecule has 4 rings (SSSR count). The summed E-state index contributed by atoms with van der Waals surface area (Å²) in [5.74, 6) is -0.0218. The van der Waals surface area contributed by atoms with Gasteiger partial charge in [-0.05, 0) is 41.7 Å². The zero-order chi connectivity index (χ0) is 21.0. The molecule has 152 valence electrons. The maximum Gasteiger partial charge on any atom is 0.253 e. The summed E-state index contributed by atoms with van der Waals surface area (Å²) < 4.78 is 0. The van der Waals surface area contributed by atoms with E-state index in [1.165, 1.54) is 0 Å². The first-order valence-corrected chi connectivity index (χ1v) is 10.3. The molecule has 3 aromatic rings. The lowest BCUT2D eigenvalue weighted by Crippen LogP contribution is -2.44. The van der Waals surface area contributed by atoms with E-state index in [9.17, 15) is 9.59 Å². The summed E-state index contributed by atoms with van der Waals surface area (Å²) in [7, 11) is 1.68. The van der Waals surface area contributed by atoms with Gasteiger partial charge in [0.1, 0.15) is 0 Å². The maximum atomic E-state index is 13.0. The van der Waals surface area contributed by atoms with E-state index in [2.05, 4.69) is 29.6 Å². The van der Waals surface area contributed by atoms with Gasteiger partial charge < -0.3 is 10.2 Å². The number of rotatable bonds is 5. The summed E-state index contributed by atoms with van der Waals surface area (Å²) in [6, 6.07) is 27.7. The quantitative estimate of drug-likeness (QED) is 0.701. The van der Waals surface area contributed by atoms with E-state index in [0.717, 1.165) is 16.7 Å². The molecule has 30 heavy (non-hydrogen) atoms. The lowest BCUT2D eigenvalue weighted by Gasteiger charge is -2.28. The second kappa shape index (κ2) is 8.54. The molecular formula is C26H26N2O2. The van der Waals surface area contributed by atoms with E-state index in [0.29, 0.717) is 31.5 Å².